The van der Waals surface area contributed by atoms with E-state index < -0.39 is 0 Å². The maximum absolute atomic E-state index is 5.90. The van der Waals surface area contributed by atoms with Gasteiger partial charge in [0, 0.05) is 11.1 Å². The van der Waals surface area contributed by atoms with Crippen molar-refractivity contribution in [2.24, 2.45) is 0 Å². The van der Waals surface area contributed by atoms with Gasteiger partial charge in [-0.25, -0.2) is 0 Å². The summed E-state index contributed by atoms with van der Waals surface area (Å²) in [5, 5.41) is 0. The number of rotatable bonds is 7. The van der Waals surface area contributed by atoms with Crippen LogP contribution in [0.5, 0.6) is 11.5 Å². The molecule has 2 aliphatic heterocycles. The van der Waals surface area contributed by atoms with E-state index in [2.05, 4.69) is 12.1 Å². The molecule has 114 valence electrons. The summed E-state index contributed by atoms with van der Waals surface area (Å²) in [5.74, 6) is 1.72. The van der Waals surface area contributed by atoms with Crippen LogP contribution in [-0.2, 0) is 9.47 Å². The van der Waals surface area contributed by atoms with Crippen LogP contribution in [0, 0.1) is 0 Å². The van der Waals surface area contributed by atoms with Gasteiger partial charge < -0.3 is 18.9 Å². The van der Waals surface area contributed by atoms with Gasteiger partial charge in [0.2, 0.25) is 0 Å². The number of benzene rings is 2. The normalized spacial score (nSPS) is 22.2. The van der Waals surface area contributed by atoms with E-state index in [9.17, 15) is 0 Å². The summed E-state index contributed by atoms with van der Waals surface area (Å²) >= 11 is 0. The van der Waals surface area contributed by atoms with Crippen LogP contribution in [0.4, 0.5) is 0 Å². The highest BCUT2D eigenvalue weighted by atomic mass is 16.6. The molecule has 2 aliphatic rings. The third-order valence-corrected chi connectivity index (χ3v) is 3.72. The molecule has 0 aliphatic carbocycles. The number of para-hydroxylation sites is 2. The Kier molecular flexibility index (Phi) is 3.70. The zero-order valence-electron chi connectivity index (χ0n) is 12.2. The third kappa shape index (κ3) is 3.24. The molecule has 0 spiro atoms. The summed E-state index contributed by atoms with van der Waals surface area (Å²) in [6, 6.07) is 16.1. The minimum atomic E-state index is 0.242. The summed E-state index contributed by atoms with van der Waals surface area (Å²) in [7, 11) is 0. The van der Waals surface area contributed by atoms with Crippen molar-refractivity contribution in [1.82, 2.24) is 0 Å². The molecule has 0 saturated carbocycles. The monoisotopic (exact) mass is 298 g/mol. The van der Waals surface area contributed by atoms with Gasteiger partial charge in [-0.2, -0.15) is 0 Å². The van der Waals surface area contributed by atoms with Gasteiger partial charge in [0.15, 0.2) is 0 Å². The van der Waals surface area contributed by atoms with E-state index in [4.69, 9.17) is 18.9 Å². The van der Waals surface area contributed by atoms with Crippen molar-refractivity contribution in [2.45, 2.75) is 12.2 Å². The number of hydrogen-bond donors (Lipinski definition) is 0. The second-order valence-corrected chi connectivity index (χ2v) is 5.53. The molecule has 0 unspecified atom stereocenters. The fourth-order valence-electron chi connectivity index (χ4n) is 2.32. The van der Waals surface area contributed by atoms with E-state index in [1.807, 2.05) is 36.4 Å². The van der Waals surface area contributed by atoms with E-state index >= 15 is 0 Å². The lowest BCUT2D eigenvalue weighted by atomic mass is 10.0. The van der Waals surface area contributed by atoms with Gasteiger partial charge in [0.1, 0.15) is 36.9 Å². The number of epoxide rings is 2. The van der Waals surface area contributed by atoms with E-state index in [-0.39, 0.29) is 12.2 Å². The largest absolute Gasteiger partial charge is 0.490 e. The zero-order valence-corrected chi connectivity index (χ0v) is 12.2. The Balaban J connectivity index is 1.59. The molecule has 0 N–H and O–H groups in total. The molecule has 0 radical (unpaired) electrons. The predicted octanol–water partition coefficient (Wildman–Crippen LogP) is 2.91. The maximum Gasteiger partial charge on any atom is 0.127 e. The van der Waals surface area contributed by atoms with Crippen molar-refractivity contribution in [1.29, 1.82) is 0 Å². The van der Waals surface area contributed by atoms with Gasteiger partial charge in [-0.1, -0.05) is 36.4 Å². The van der Waals surface area contributed by atoms with Gasteiger partial charge in [-0.3, -0.25) is 0 Å². The first-order valence-corrected chi connectivity index (χ1v) is 7.57. The van der Waals surface area contributed by atoms with Gasteiger partial charge in [0.25, 0.3) is 0 Å². The molecule has 2 atom stereocenters. The number of hydrogen-bond acceptors (Lipinski definition) is 4. The minimum absolute atomic E-state index is 0.242. The summed E-state index contributed by atoms with van der Waals surface area (Å²) in [6.45, 7) is 2.78. The van der Waals surface area contributed by atoms with E-state index in [0.717, 1.165) is 35.8 Å². The molecule has 2 aromatic rings. The maximum atomic E-state index is 5.90. The van der Waals surface area contributed by atoms with Gasteiger partial charge >= 0.3 is 0 Å². The van der Waals surface area contributed by atoms with Crippen LogP contribution < -0.4 is 9.47 Å². The molecule has 2 aromatic carbocycles. The fourth-order valence-corrected chi connectivity index (χ4v) is 2.32. The molecular formula is C18H18O4. The summed E-state index contributed by atoms with van der Waals surface area (Å²) in [5.41, 5.74) is 2.07. The molecule has 0 amide bonds. The van der Waals surface area contributed by atoms with Crippen LogP contribution in [0.1, 0.15) is 0 Å². The van der Waals surface area contributed by atoms with E-state index in [0.29, 0.717) is 13.2 Å². The van der Waals surface area contributed by atoms with Crippen molar-refractivity contribution in [3.05, 3.63) is 48.5 Å². The molecule has 0 bridgehead atoms. The Bertz CT molecular complexity index is 590. The number of ether oxygens (including phenoxy) is 4. The first-order chi connectivity index (χ1) is 10.9. The van der Waals surface area contributed by atoms with Crippen LogP contribution in [-0.4, -0.2) is 38.6 Å². The van der Waals surface area contributed by atoms with Crippen LogP contribution in [0.3, 0.4) is 0 Å². The molecule has 22 heavy (non-hydrogen) atoms. The van der Waals surface area contributed by atoms with Crippen molar-refractivity contribution in [3.8, 4) is 22.6 Å². The molecular weight excluding hydrogens is 280 g/mol. The van der Waals surface area contributed by atoms with Crippen molar-refractivity contribution in [2.75, 3.05) is 26.4 Å². The van der Waals surface area contributed by atoms with Crippen LogP contribution >= 0.6 is 0 Å². The topological polar surface area (TPSA) is 43.5 Å². The lowest BCUT2D eigenvalue weighted by molar-refractivity contribution is 0.261. The lowest BCUT2D eigenvalue weighted by Gasteiger charge is -2.14. The zero-order chi connectivity index (χ0) is 14.8. The second kappa shape index (κ2) is 5.99. The second-order valence-electron chi connectivity index (χ2n) is 5.53. The van der Waals surface area contributed by atoms with Crippen molar-refractivity contribution < 1.29 is 18.9 Å². The lowest BCUT2D eigenvalue weighted by Crippen LogP contribution is -2.06. The van der Waals surface area contributed by atoms with Crippen LogP contribution in [0.25, 0.3) is 11.1 Å². The van der Waals surface area contributed by atoms with Crippen molar-refractivity contribution in [3.63, 3.8) is 0 Å². The Morgan fingerprint density at radius 3 is 1.55 bits per heavy atom. The first kappa shape index (κ1) is 13.6. The molecule has 4 nitrogen and oxygen atoms in total. The molecule has 4 rings (SSSR count). The standard InChI is InChI=1S/C18H18O4/c1-3-7-17(21-11-13-9-19-13)15(5-1)16-6-2-4-8-18(16)22-12-14-10-20-14/h1-8,13-14H,9-12H2/t13-,14-/m1/s1. The van der Waals surface area contributed by atoms with Crippen molar-refractivity contribution >= 4 is 0 Å². The van der Waals surface area contributed by atoms with E-state index in [1.54, 1.807) is 0 Å². The highest BCUT2D eigenvalue weighted by molar-refractivity contribution is 5.75. The summed E-state index contributed by atoms with van der Waals surface area (Å²) in [6.07, 6.45) is 0.484. The van der Waals surface area contributed by atoms with Gasteiger partial charge in [-0.05, 0) is 12.1 Å². The van der Waals surface area contributed by atoms with Gasteiger partial charge in [-0.15, -0.1) is 0 Å². The Morgan fingerprint density at radius 1 is 0.727 bits per heavy atom. The van der Waals surface area contributed by atoms with Crippen LogP contribution in [0.15, 0.2) is 48.5 Å². The molecule has 2 heterocycles. The first-order valence-electron chi connectivity index (χ1n) is 7.57. The van der Waals surface area contributed by atoms with E-state index in [1.165, 1.54) is 0 Å². The molecule has 4 heteroatoms. The Labute approximate surface area is 129 Å². The average Bonchev–Trinajstić information content (AvgIpc) is 3.47. The quantitative estimate of drug-likeness (QED) is 0.737. The molecule has 2 saturated heterocycles. The molecule has 0 aromatic heterocycles. The minimum Gasteiger partial charge on any atom is -0.490 e. The molecule has 2 fully saturated rings. The summed E-state index contributed by atoms with van der Waals surface area (Å²) < 4.78 is 22.2. The highest BCUT2D eigenvalue weighted by Crippen LogP contribution is 2.36. The third-order valence-electron chi connectivity index (χ3n) is 3.72. The Morgan fingerprint density at radius 2 is 1.14 bits per heavy atom. The van der Waals surface area contributed by atoms with Crippen LogP contribution in [0.2, 0.25) is 0 Å². The summed E-state index contributed by atoms with van der Waals surface area (Å²) in [4.78, 5) is 0. The van der Waals surface area contributed by atoms with Gasteiger partial charge in [0.05, 0.1) is 13.2 Å². The average molecular weight is 298 g/mol. The highest BCUT2D eigenvalue weighted by Gasteiger charge is 2.25. The fraction of sp³-hybridized carbons (Fsp3) is 0.333. The predicted molar refractivity (Wildman–Crippen MR) is 82.3 cm³/mol. The Hall–Kier alpha value is -2.04. The SMILES string of the molecule is c1ccc(-c2ccccc2OC[C@H]2CO2)c(OC[C@H]2CO2)c1. The smallest absolute Gasteiger partial charge is 0.127 e.